The first-order chi connectivity index (χ1) is 11.8. The van der Waals surface area contributed by atoms with Gasteiger partial charge in [0.05, 0.1) is 22.0 Å². The van der Waals surface area contributed by atoms with Crippen LogP contribution in [0.2, 0.25) is 10.0 Å². The Morgan fingerprint density at radius 3 is 2.56 bits per heavy atom. The zero-order valence-corrected chi connectivity index (χ0v) is 15.2. The minimum Gasteiger partial charge on any atom is -0.508 e. The Hall–Kier alpha value is -1.96. The lowest BCUT2D eigenvalue weighted by Gasteiger charge is -2.18. The molecule has 132 valence electrons. The van der Waals surface area contributed by atoms with Crippen molar-refractivity contribution in [3.63, 3.8) is 0 Å². The smallest absolute Gasteiger partial charge is 0.257 e. The highest BCUT2D eigenvalue weighted by Crippen LogP contribution is 2.29. The van der Waals surface area contributed by atoms with Gasteiger partial charge in [-0.3, -0.25) is 9.10 Å². The van der Waals surface area contributed by atoms with Crippen molar-refractivity contribution in [2.45, 2.75) is 6.42 Å². The molecule has 0 radical (unpaired) electrons. The van der Waals surface area contributed by atoms with Gasteiger partial charge in [-0.05, 0) is 36.8 Å². The zero-order valence-electron chi connectivity index (χ0n) is 12.9. The second kappa shape index (κ2) is 6.74. The van der Waals surface area contributed by atoms with Gasteiger partial charge in [0.15, 0.2) is 0 Å². The number of nitrogens with zero attached hydrogens (tertiary/aromatic N) is 1. The molecule has 0 spiro atoms. The van der Waals surface area contributed by atoms with E-state index in [0.29, 0.717) is 24.3 Å². The summed E-state index contributed by atoms with van der Waals surface area (Å²) >= 11 is 11.9. The van der Waals surface area contributed by atoms with Crippen molar-refractivity contribution < 1.29 is 18.3 Å². The van der Waals surface area contributed by atoms with E-state index in [9.17, 15) is 18.3 Å². The summed E-state index contributed by atoms with van der Waals surface area (Å²) in [5, 5.41) is 12.6. The van der Waals surface area contributed by atoms with Crippen LogP contribution in [0, 0.1) is 0 Å². The van der Waals surface area contributed by atoms with E-state index in [-0.39, 0.29) is 27.1 Å². The third-order valence-corrected chi connectivity index (χ3v) is 6.14. The first-order valence-electron chi connectivity index (χ1n) is 7.37. The molecule has 0 bridgehead atoms. The van der Waals surface area contributed by atoms with Crippen molar-refractivity contribution in [3.05, 3.63) is 52.0 Å². The first kappa shape index (κ1) is 17.8. The van der Waals surface area contributed by atoms with Crippen molar-refractivity contribution in [1.29, 1.82) is 0 Å². The number of hydrogen-bond donors (Lipinski definition) is 2. The number of carbonyl (C=O) groups is 1. The molecular weight excluding hydrogens is 387 g/mol. The molecule has 0 aromatic heterocycles. The number of sulfonamides is 1. The van der Waals surface area contributed by atoms with Crippen LogP contribution >= 0.6 is 23.2 Å². The molecule has 9 heteroatoms. The van der Waals surface area contributed by atoms with Gasteiger partial charge in [-0.15, -0.1) is 0 Å². The molecule has 1 fully saturated rings. The van der Waals surface area contributed by atoms with Crippen molar-refractivity contribution >= 4 is 50.5 Å². The Morgan fingerprint density at radius 2 is 1.92 bits per heavy atom. The van der Waals surface area contributed by atoms with Crippen LogP contribution in [-0.2, 0) is 10.0 Å². The molecule has 3 rings (SSSR count). The predicted octanol–water partition coefficient (Wildman–Crippen LogP) is 3.49. The third kappa shape index (κ3) is 3.84. The van der Waals surface area contributed by atoms with Gasteiger partial charge in [-0.25, -0.2) is 8.42 Å². The summed E-state index contributed by atoms with van der Waals surface area (Å²) < 4.78 is 25.4. The Labute approximate surface area is 155 Å². The van der Waals surface area contributed by atoms with Gasteiger partial charge in [0.25, 0.3) is 5.91 Å². The maximum absolute atomic E-state index is 12.5. The van der Waals surface area contributed by atoms with E-state index in [1.807, 2.05) is 0 Å². The zero-order chi connectivity index (χ0) is 18.2. The SMILES string of the molecule is O=C(Nc1cc(O)cc(Cl)c1)c1cc(N2CCCS2(=O)=O)ccc1Cl. The van der Waals surface area contributed by atoms with Gasteiger partial charge in [-0.1, -0.05) is 23.2 Å². The van der Waals surface area contributed by atoms with Gasteiger partial charge in [0.1, 0.15) is 5.75 Å². The largest absolute Gasteiger partial charge is 0.508 e. The second-order valence-electron chi connectivity index (χ2n) is 5.56. The van der Waals surface area contributed by atoms with Gasteiger partial charge < -0.3 is 10.4 Å². The van der Waals surface area contributed by atoms with Crippen molar-refractivity contribution in [2.24, 2.45) is 0 Å². The predicted molar refractivity (Wildman–Crippen MR) is 98.3 cm³/mol. The standard InChI is InChI=1S/C16H14Cl2N2O4S/c17-10-6-11(8-13(21)7-10)19-16(22)14-9-12(2-3-15(14)18)20-4-1-5-25(20,23)24/h2-3,6-9,21H,1,4-5H2,(H,19,22). The van der Waals surface area contributed by atoms with E-state index >= 15 is 0 Å². The molecule has 0 unspecified atom stereocenters. The molecule has 0 atom stereocenters. The Bertz CT molecular complexity index is 927. The molecular formula is C16H14Cl2N2O4S. The maximum atomic E-state index is 12.5. The summed E-state index contributed by atoms with van der Waals surface area (Å²) in [6, 6.07) is 8.63. The molecule has 25 heavy (non-hydrogen) atoms. The molecule has 1 heterocycles. The second-order valence-corrected chi connectivity index (χ2v) is 8.41. The van der Waals surface area contributed by atoms with Crippen LogP contribution in [-0.4, -0.2) is 31.7 Å². The van der Waals surface area contributed by atoms with Crippen LogP contribution in [0.25, 0.3) is 0 Å². The monoisotopic (exact) mass is 400 g/mol. The number of carbonyl (C=O) groups excluding carboxylic acids is 1. The normalized spacial score (nSPS) is 16.0. The molecule has 6 nitrogen and oxygen atoms in total. The third-order valence-electron chi connectivity index (χ3n) is 3.72. The molecule has 2 aromatic carbocycles. The van der Waals surface area contributed by atoms with Crippen LogP contribution in [0.15, 0.2) is 36.4 Å². The first-order valence-corrected chi connectivity index (χ1v) is 9.74. The van der Waals surface area contributed by atoms with Crippen LogP contribution < -0.4 is 9.62 Å². The molecule has 2 N–H and O–H groups in total. The van der Waals surface area contributed by atoms with Crippen LogP contribution in [0.4, 0.5) is 11.4 Å². The number of phenols is 1. The fourth-order valence-electron chi connectivity index (χ4n) is 2.62. The fourth-order valence-corrected chi connectivity index (χ4v) is 4.61. The minimum absolute atomic E-state index is 0.0823. The lowest BCUT2D eigenvalue weighted by Crippen LogP contribution is -2.25. The molecule has 1 aliphatic rings. The summed E-state index contributed by atoms with van der Waals surface area (Å²) in [5.74, 6) is -0.546. The van der Waals surface area contributed by atoms with E-state index in [1.54, 1.807) is 6.07 Å². The molecule has 1 aliphatic heterocycles. The average molecular weight is 401 g/mol. The number of nitrogens with one attached hydrogen (secondary N) is 1. The van der Waals surface area contributed by atoms with Gasteiger partial charge in [0, 0.05) is 23.3 Å². The number of rotatable bonds is 3. The van der Waals surface area contributed by atoms with Crippen molar-refractivity contribution in [2.75, 3.05) is 21.9 Å². The van der Waals surface area contributed by atoms with E-state index in [1.165, 1.54) is 34.6 Å². The van der Waals surface area contributed by atoms with E-state index in [2.05, 4.69) is 5.32 Å². The summed E-state index contributed by atoms with van der Waals surface area (Å²) in [6.45, 7) is 0.368. The number of amides is 1. The molecule has 0 aliphatic carbocycles. The summed E-state index contributed by atoms with van der Waals surface area (Å²) in [6.07, 6.45) is 0.536. The van der Waals surface area contributed by atoms with Crippen molar-refractivity contribution in [1.82, 2.24) is 0 Å². The van der Waals surface area contributed by atoms with Crippen molar-refractivity contribution in [3.8, 4) is 5.75 Å². The highest BCUT2D eigenvalue weighted by Gasteiger charge is 2.29. The molecule has 1 amide bonds. The van der Waals surface area contributed by atoms with Crippen LogP contribution in [0.3, 0.4) is 0 Å². The van der Waals surface area contributed by atoms with E-state index < -0.39 is 15.9 Å². The van der Waals surface area contributed by atoms with Gasteiger partial charge in [-0.2, -0.15) is 0 Å². The van der Waals surface area contributed by atoms with E-state index in [4.69, 9.17) is 23.2 Å². The Kier molecular flexibility index (Phi) is 4.81. The Balaban J connectivity index is 1.91. The summed E-state index contributed by atoms with van der Waals surface area (Å²) in [4.78, 5) is 12.5. The Morgan fingerprint density at radius 1 is 1.16 bits per heavy atom. The molecule has 0 saturated carbocycles. The number of anilines is 2. The quantitative estimate of drug-likeness (QED) is 0.825. The number of hydrogen-bond acceptors (Lipinski definition) is 4. The highest BCUT2D eigenvalue weighted by molar-refractivity contribution is 7.93. The minimum atomic E-state index is -3.36. The average Bonchev–Trinajstić information content (AvgIpc) is 2.86. The van der Waals surface area contributed by atoms with Crippen LogP contribution in [0.1, 0.15) is 16.8 Å². The molecule has 1 saturated heterocycles. The number of aromatic hydroxyl groups is 1. The summed E-state index contributed by atoms with van der Waals surface area (Å²) in [7, 11) is -3.36. The van der Waals surface area contributed by atoms with Gasteiger partial charge >= 0.3 is 0 Å². The lowest BCUT2D eigenvalue weighted by atomic mass is 10.1. The number of phenolic OH excluding ortho intramolecular Hbond substituents is 1. The lowest BCUT2D eigenvalue weighted by molar-refractivity contribution is 0.102. The highest BCUT2D eigenvalue weighted by atomic mass is 35.5. The van der Waals surface area contributed by atoms with E-state index in [0.717, 1.165) is 0 Å². The van der Waals surface area contributed by atoms with Gasteiger partial charge in [0.2, 0.25) is 10.0 Å². The number of benzene rings is 2. The fraction of sp³-hybridized carbons (Fsp3) is 0.188. The molecule has 2 aromatic rings. The maximum Gasteiger partial charge on any atom is 0.257 e. The summed E-state index contributed by atoms with van der Waals surface area (Å²) in [5.41, 5.74) is 0.812. The number of halogens is 2. The van der Waals surface area contributed by atoms with Crippen LogP contribution in [0.5, 0.6) is 5.75 Å². The topological polar surface area (TPSA) is 86.7 Å².